The van der Waals surface area contributed by atoms with Crippen LogP contribution in [0.15, 0.2) is 48.5 Å². The molecule has 0 radical (unpaired) electrons. The van der Waals surface area contributed by atoms with Gasteiger partial charge < -0.3 is 15.0 Å². The predicted molar refractivity (Wildman–Crippen MR) is 120 cm³/mol. The highest BCUT2D eigenvalue weighted by atomic mass is 19.1. The number of carbonyl (C=O) groups excluding carboxylic acids is 2. The third-order valence-electron chi connectivity index (χ3n) is 6.27. The molecule has 2 aromatic carbocycles. The summed E-state index contributed by atoms with van der Waals surface area (Å²) in [7, 11) is 0. The van der Waals surface area contributed by atoms with Crippen LogP contribution < -0.4 is 10.1 Å². The van der Waals surface area contributed by atoms with Crippen molar-refractivity contribution in [1.29, 1.82) is 0 Å². The Hall–Kier alpha value is -2.93. The fraction of sp³-hybridized carbons (Fsp3) is 0.440. The van der Waals surface area contributed by atoms with Crippen LogP contribution in [0.25, 0.3) is 0 Å². The summed E-state index contributed by atoms with van der Waals surface area (Å²) < 4.78 is 19.7. The number of piperidine rings is 1. The molecular formula is C25H30FN3O3. The Morgan fingerprint density at radius 1 is 1.12 bits per heavy atom. The van der Waals surface area contributed by atoms with E-state index in [0.29, 0.717) is 32.7 Å². The highest BCUT2D eigenvalue weighted by molar-refractivity contribution is 5.88. The molecule has 2 aromatic rings. The highest BCUT2D eigenvalue weighted by Crippen LogP contribution is 2.23. The lowest BCUT2D eigenvalue weighted by atomic mass is 10.0. The zero-order valence-electron chi connectivity index (χ0n) is 18.4. The molecule has 2 fully saturated rings. The minimum absolute atomic E-state index is 0.0226. The molecule has 2 aliphatic rings. The third-order valence-corrected chi connectivity index (χ3v) is 6.27. The third kappa shape index (κ3) is 5.46. The lowest BCUT2D eigenvalue weighted by molar-refractivity contribution is -0.140. The van der Waals surface area contributed by atoms with Crippen LogP contribution in [0.2, 0.25) is 0 Å². The second kappa shape index (κ2) is 10.1. The number of aryl methyl sites for hydroxylation is 1. The van der Waals surface area contributed by atoms with Gasteiger partial charge in [-0.1, -0.05) is 30.3 Å². The minimum Gasteiger partial charge on any atom is -0.490 e. The standard InChI is InChI=1S/C25H30FN3O3/c1-18-5-2-3-8-23(18)32-21-9-12-28(13-10-21)24(30)16-22-25(31)27-11-14-29(22)17-19-6-4-7-20(26)15-19/h2-8,15,21-22H,9-14,16-17H2,1H3,(H,27,31). The van der Waals surface area contributed by atoms with E-state index in [1.807, 2.05) is 47.1 Å². The van der Waals surface area contributed by atoms with Crippen LogP contribution in [0.1, 0.15) is 30.4 Å². The molecular weight excluding hydrogens is 409 g/mol. The van der Waals surface area contributed by atoms with Crippen LogP contribution >= 0.6 is 0 Å². The largest absolute Gasteiger partial charge is 0.490 e. The maximum absolute atomic E-state index is 13.6. The second-order valence-electron chi connectivity index (χ2n) is 8.57. The van der Waals surface area contributed by atoms with Gasteiger partial charge in [-0.25, -0.2) is 4.39 Å². The summed E-state index contributed by atoms with van der Waals surface area (Å²) in [5.74, 6) is 0.431. The zero-order valence-corrected chi connectivity index (χ0v) is 18.4. The molecule has 0 aliphatic carbocycles. The Morgan fingerprint density at radius 3 is 2.66 bits per heavy atom. The topological polar surface area (TPSA) is 61.9 Å². The maximum Gasteiger partial charge on any atom is 0.237 e. The van der Waals surface area contributed by atoms with Gasteiger partial charge in [0, 0.05) is 45.6 Å². The van der Waals surface area contributed by atoms with E-state index in [1.54, 1.807) is 6.07 Å². The number of piperazine rings is 1. The van der Waals surface area contributed by atoms with Crippen LogP contribution in [0.3, 0.4) is 0 Å². The van der Waals surface area contributed by atoms with Crippen molar-refractivity contribution in [2.75, 3.05) is 26.2 Å². The number of amides is 2. The van der Waals surface area contributed by atoms with Gasteiger partial charge in [-0.3, -0.25) is 14.5 Å². The number of carbonyl (C=O) groups is 2. The summed E-state index contributed by atoms with van der Waals surface area (Å²) in [5.41, 5.74) is 1.90. The average Bonchev–Trinajstić information content (AvgIpc) is 2.78. The van der Waals surface area contributed by atoms with Gasteiger partial charge in [0.25, 0.3) is 0 Å². The molecule has 1 N–H and O–H groups in total. The van der Waals surface area contributed by atoms with Gasteiger partial charge in [-0.2, -0.15) is 0 Å². The van der Waals surface area contributed by atoms with Crippen molar-refractivity contribution < 1.29 is 18.7 Å². The van der Waals surface area contributed by atoms with E-state index >= 15 is 0 Å². The van der Waals surface area contributed by atoms with E-state index in [4.69, 9.17) is 4.74 Å². The van der Waals surface area contributed by atoms with Crippen LogP contribution in [-0.4, -0.2) is 59.9 Å². The smallest absolute Gasteiger partial charge is 0.237 e. The molecule has 2 saturated heterocycles. The van der Waals surface area contributed by atoms with Crippen LogP contribution in [0.5, 0.6) is 5.75 Å². The van der Waals surface area contributed by atoms with Crippen molar-refractivity contribution in [3.8, 4) is 5.75 Å². The number of hydrogen-bond donors (Lipinski definition) is 1. The highest BCUT2D eigenvalue weighted by Gasteiger charge is 2.34. The van der Waals surface area contributed by atoms with Gasteiger partial charge >= 0.3 is 0 Å². The summed E-state index contributed by atoms with van der Waals surface area (Å²) in [6.45, 7) is 4.86. The Kier molecular flexibility index (Phi) is 7.05. The molecule has 7 heteroatoms. The summed E-state index contributed by atoms with van der Waals surface area (Å²) in [6.07, 6.45) is 1.75. The van der Waals surface area contributed by atoms with Crippen molar-refractivity contribution in [3.63, 3.8) is 0 Å². The predicted octanol–water partition coefficient (Wildman–Crippen LogP) is 2.89. The minimum atomic E-state index is -0.541. The summed E-state index contributed by atoms with van der Waals surface area (Å²) >= 11 is 0. The Balaban J connectivity index is 1.32. The molecule has 6 nitrogen and oxygen atoms in total. The van der Waals surface area contributed by atoms with Gasteiger partial charge in [-0.05, 0) is 36.2 Å². The Bertz CT molecular complexity index is 959. The molecule has 32 heavy (non-hydrogen) atoms. The van der Waals surface area contributed by atoms with Crippen LogP contribution in [0.4, 0.5) is 4.39 Å². The van der Waals surface area contributed by atoms with Crippen molar-refractivity contribution in [2.24, 2.45) is 0 Å². The molecule has 1 atom stereocenters. The molecule has 0 saturated carbocycles. The maximum atomic E-state index is 13.6. The van der Waals surface area contributed by atoms with E-state index in [0.717, 1.165) is 29.7 Å². The van der Waals surface area contributed by atoms with Gasteiger partial charge in [0.15, 0.2) is 0 Å². The first-order chi connectivity index (χ1) is 15.5. The number of benzene rings is 2. The van der Waals surface area contributed by atoms with E-state index in [-0.39, 0.29) is 30.2 Å². The van der Waals surface area contributed by atoms with E-state index in [2.05, 4.69) is 5.32 Å². The van der Waals surface area contributed by atoms with Crippen molar-refractivity contribution >= 4 is 11.8 Å². The lowest BCUT2D eigenvalue weighted by Gasteiger charge is -2.37. The Morgan fingerprint density at radius 2 is 1.91 bits per heavy atom. The summed E-state index contributed by atoms with van der Waals surface area (Å²) in [4.78, 5) is 29.4. The molecule has 170 valence electrons. The molecule has 4 rings (SSSR count). The van der Waals surface area contributed by atoms with Gasteiger partial charge in [0.2, 0.25) is 11.8 Å². The van der Waals surface area contributed by atoms with Crippen molar-refractivity contribution in [1.82, 2.24) is 15.1 Å². The monoisotopic (exact) mass is 439 g/mol. The number of nitrogens with one attached hydrogen (secondary N) is 1. The first kappa shape index (κ1) is 22.3. The first-order valence-corrected chi connectivity index (χ1v) is 11.3. The first-order valence-electron chi connectivity index (χ1n) is 11.3. The fourth-order valence-electron chi connectivity index (χ4n) is 4.43. The molecule has 0 spiro atoms. The van der Waals surface area contributed by atoms with E-state index in [1.165, 1.54) is 12.1 Å². The number of halogens is 1. The van der Waals surface area contributed by atoms with E-state index < -0.39 is 6.04 Å². The summed E-state index contributed by atoms with van der Waals surface area (Å²) in [5, 5.41) is 2.86. The van der Waals surface area contributed by atoms with Gasteiger partial charge in [-0.15, -0.1) is 0 Å². The molecule has 0 aromatic heterocycles. The fourth-order valence-corrected chi connectivity index (χ4v) is 4.43. The van der Waals surface area contributed by atoms with Crippen LogP contribution in [0, 0.1) is 12.7 Å². The quantitative estimate of drug-likeness (QED) is 0.752. The van der Waals surface area contributed by atoms with Gasteiger partial charge in [0.1, 0.15) is 17.7 Å². The normalized spacial score (nSPS) is 20.1. The second-order valence-corrected chi connectivity index (χ2v) is 8.57. The zero-order chi connectivity index (χ0) is 22.5. The molecule has 2 aliphatic heterocycles. The van der Waals surface area contributed by atoms with Crippen LogP contribution in [-0.2, 0) is 16.1 Å². The number of hydrogen-bond acceptors (Lipinski definition) is 4. The summed E-state index contributed by atoms with van der Waals surface area (Å²) in [6, 6.07) is 13.8. The number of para-hydroxylation sites is 1. The van der Waals surface area contributed by atoms with Gasteiger partial charge in [0.05, 0.1) is 12.5 Å². The average molecular weight is 440 g/mol. The SMILES string of the molecule is Cc1ccccc1OC1CCN(C(=O)CC2C(=O)NCCN2Cc2cccc(F)c2)CC1. The lowest BCUT2D eigenvalue weighted by Crippen LogP contribution is -2.56. The Labute approximate surface area is 188 Å². The molecule has 0 bridgehead atoms. The van der Waals surface area contributed by atoms with Crippen molar-refractivity contribution in [3.05, 3.63) is 65.5 Å². The van der Waals surface area contributed by atoms with Crippen molar-refractivity contribution in [2.45, 2.75) is 44.9 Å². The number of likely N-dealkylation sites (tertiary alicyclic amines) is 1. The van der Waals surface area contributed by atoms with E-state index in [9.17, 15) is 14.0 Å². The number of ether oxygens (including phenoxy) is 1. The number of rotatable bonds is 6. The molecule has 1 unspecified atom stereocenters. The number of nitrogens with zero attached hydrogens (tertiary/aromatic N) is 2. The molecule has 2 heterocycles. The molecule has 2 amide bonds.